The van der Waals surface area contributed by atoms with E-state index in [0.717, 1.165) is 25.7 Å². The maximum absolute atomic E-state index is 12.2. The Hall–Kier alpha value is -1.36. The Morgan fingerprint density at radius 1 is 1.44 bits per heavy atom. The zero-order chi connectivity index (χ0) is 13.2. The van der Waals surface area contributed by atoms with Crippen LogP contribution >= 0.6 is 12.2 Å². The first-order valence-corrected chi connectivity index (χ1v) is 6.62. The van der Waals surface area contributed by atoms with Crippen LogP contribution in [0.2, 0.25) is 0 Å². The normalized spacial score (nSPS) is 18.3. The maximum Gasteiger partial charge on any atom is 0.255 e. The predicted molar refractivity (Wildman–Crippen MR) is 73.5 cm³/mol. The van der Waals surface area contributed by atoms with Crippen LogP contribution in [0.25, 0.3) is 0 Å². The Bertz CT molecular complexity index is 461. The molecule has 1 aromatic heterocycles. The number of thiocarbonyl (C=S) groups is 1. The van der Waals surface area contributed by atoms with Gasteiger partial charge in [-0.2, -0.15) is 0 Å². The third kappa shape index (κ3) is 2.41. The van der Waals surface area contributed by atoms with Crippen molar-refractivity contribution in [2.24, 2.45) is 5.73 Å². The van der Waals surface area contributed by atoms with Crippen molar-refractivity contribution >= 4 is 23.1 Å². The van der Waals surface area contributed by atoms with Gasteiger partial charge in [0.05, 0.1) is 22.4 Å². The van der Waals surface area contributed by atoms with E-state index in [2.05, 4.69) is 5.32 Å². The molecule has 98 valence electrons. The summed E-state index contributed by atoms with van der Waals surface area (Å²) in [5, 5.41) is 3.01. The fraction of sp³-hybridized carbons (Fsp3) is 0.538. The van der Waals surface area contributed by atoms with E-state index in [1.807, 2.05) is 0 Å². The van der Waals surface area contributed by atoms with Gasteiger partial charge in [0.15, 0.2) is 0 Å². The van der Waals surface area contributed by atoms with Crippen molar-refractivity contribution in [1.29, 1.82) is 0 Å². The largest absolute Gasteiger partial charge is 0.469 e. The maximum atomic E-state index is 12.2. The zero-order valence-corrected chi connectivity index (χ0v) is 11.3. The molecule has 1 fully saturated rings. The number of furan rings is 1. The first kappa shape index (κ1) is 13.1. The van der Waals surface area contributed by atoms with E-state index in [9.17, 15) is 4.79 Å². The van der Waals surface area contributed by atoms with Gasteiger partial charge in [-0.25, -0.2) is 0 Å². The molecule has 1 aliphatic carbocycles. The van der Waals surface area contributed by atoms with Crippen molar-refractivity contribution in [1.82, 2.24) is 5.32 Å². The lowest BCUT2D eigenvalue weighted by Gasteiger charge is -2.37. The summed E-state index contributed by atoms with van der Waals surface area (Å²) in [5.74, 6) is 0.456. The zero-order valence-electron chi connectivity index (χ0n) is 10.5. The van der Waals surface area contributed by atoms with Crippen molar-refractivity contribution in [2.75, 3.05) is 0 Å². The van der Waals surface area contributed by atoms with Gasteiger partial charge in [-0.3, -0.25) is 4.79 Å². The summed E-state index contributed by atoms with van der Waals surface area (Å²) in [6.07, 6.45) is 6.42. The van der Waals surface area contributed by atoms with Gasteiger partial charge in [0.2, 0.25) is 0 Å². The van der Waals surface area contributed by atoms with Crippen LogP contribution in [-0.4, -0.2) is 16.4 Å². The molecule has 0 radical (unpaired) electrons. The predicted octanol–water partition coefficient (Wildman–Crippen LogP) is 2.31. The molecule has 3 N–H and O–H groups in total. The van der Waals surface area contributed by atoms with Crippen LogP contribution in [0.15, 0.2) is 16.7 Å². The number of aryl methyl sites for hydroxylation is 1. The van der Waals surface area contributed by atoms with Crippen LogP contribution < -0.4 is 11.1 Å². The molecule has 1 aromatic rings. The summed E-state index contributed by atoms with van der Waals surface area (Å²) >= 11 is 5.15. The van der Waals surface area contributed by atoms with E-state index in [1.165, 1.54) is 12.7 Å². The minimum atomic E-state index is -0.519. The lowest BCUT2D eigenvalue weighted by atomic mass is 9.81. The summed E-state index contributed by atoms with van der Waals surface area (Å²) < 4.78 is 5.14. The van der Waals surface area contributed by atoms with Crippen LogP contribution in [0, 0.1) is 6.92 Å². The number of nitrogens with one attached hydrogen (secondary N) is 1. The van der Waals surface area contributed by atoms with Crippen LogP contribution in [-0.2, 0) is 0 Å². The Morgan fingerprint density at radius 3 is 2.61 bits per heavy atom. The summed E-state index contributed by atoms with van der Waals surface area (Å²) in [6.45, 7) is 1.77. The highest BCUT2D eigenvalue weighted by atomic mass is 32.1. The number of hydrogen-bond acceptors (Lipinski definition) is 3. The van der Waals surface area contributed by atoms with Crippen LogP contribution in [0.5, 0.6) is 0 Å². The fourth-order valence-corrected chi connectivity index (χ4v) is 2.75. The standard InChI is InChI=1S/C13H18N2O2S/c1-9-10(5-8-17-9)11(16)15-13(12(14)18)6-3-2-4-7-13/h5,8H,2-4,6-7H2,1H3,(H2,14,18)(H,15,16). The van der Waals surface area contributed by atoms with Crippen molar-refractivity contribution in [2.45, 2.75) is 44.6 Å². The van der Waals surface area contributed by atoms with Gasteiger partial charge in [-0.15, -0.1) is 0 Å². The molecule has 0 spiro atoms. The number of nitrogens with two attached hydrogens (primary N) is 1. The number of amides is 1. The molecule has 0 aromatic carbocycles. The summed E-state index contributed by atoms with van der Waals surface area (Å²) in [4.78, 5) is 12.6. The van der Waals surface area contributed by atoms with Gasteiger partial charge in [0.25, 0.3) is 5.91 Å². The first-order chi connectivity index (χ1) is 8.55. The summed E-state index contributed by atoms with van der Waals surface area (Å²) in [5.41, 5.74) is 5.87. The minimum Gasteiger partial charge on any atom is -0.469 e. The number of hydrogen-bond donors (Lipinski definition) is 2. The topological polar surface area (TPSA) is 68.3 Å². The van der Waals surface area contributed by atoms with Gasteiger partial charge in [0.1, 0.15) is 5.76 Å². The molecule has 0 aliphatic heterocycles. The van der Waals surface area contributed by atoms with Gasteiger partial charge >= 0.3 is 0 Å². The highest BCUT2D eigenvalue weighted by molar-refractivity contribution is 7.80. The lowest BCUT2D eigenvalue weighted by molar-refractivity contribution is 0.0907. The average Bonchev–Trinajstić information content (AvgIpc) is 2.76. The second-order valence-electron chi connectivity index (χ2n) is 4.85. The smallest absolute Gasteiger partial charge is 0.255 e. The monoisotopic (exact) mass is 266 g/mol. The SMILES string of the molecule is Cc1occc1C(=O)NC1(C(N)=S)CCCCC1. The molecule has 1 amide bonds. The molecule has 5 heteroatoms. The van der Waals surface area contributed by atoms with Crippen molar-refractivity contribution in [3.8, 4) is 0 Å². The molecule has 1 aliphatic rings. The summed E-state index contributed by atoms with van der Waals surface area (Å²) in [7, 11) is 0. The van der Waals surface area contributed by atoms with E-state index in [1.54, 1.807) is 13.0 Å². The molecule has 18 heavy (non-hydrogen) atoms. The lowest BCUT2D eigenvalue weighted by Crippen LogP contribution is -2.57. The second-order valence-corrected chi connectivity index (χ2v) is 5.29. The molecule has 0 bridgehead atoms. The Morgan fingerprint density at radius 2 is 2.11 bits per heavy atom. The van der Waals surface area contributed by atoms with Gasteiger partial charge in [-0.05, 0) is 25.8 Å². The molecule has 0 unspecified atom stereocenters. The molecule has 1 saturated carbocycles. The van der Waals surface area contributed by atoms with E-state index in [4.69, 9.17) is 22.4 Å². The van der Waals surface area contributed by atoms with E-state index in [0.29, 0.717) is 16.3 Å². The summed E-state index contributed by atoms with van der Waals surface area (Å²) in [6, 6.07) is 1.67. The third-order valence-electron chi connectivity index (χ3n) is 3.64. The Kier molecular flexibility index (Phi) is 3.71. The van der Waals surface area contributed by atoms with E-state index >= 15 is 0 Å². The van der Waals surface area contributed by atoms with Gasteiger partial charge in [0, 0.05) is 0 Å². The van der Waals surface area contributed by atoms with Gasteiger partial charge < -0.3 is 15.5 Å². The molecule has 4 nitrogen and oxygen atoms in total. The molecular formula is C13H18N2O2S. The molecule has 0 saturated heterocycles. The van der Waals surface area contributed by atoms with E-state index < -0.39 is 5.54 Å². The fourth-order valence-electron chi connectivity index (χ4n) is 2.49. The van der Waals surface area contributed by atoms with Crippen LogP contribution in [0.3, 0.4) is 0 Å². The van der Waals surface area contributed by atoms with Crippen molar-refractivity contribution in [3.05, 3.63) is 23.7 Å². The number of carbonyl (C=O) groups excluding carboxylic acids is 1. The Balaban J connectivity index is 2.17. The minimum absolute atomic E-state index is 0.157. The Labute approximate surface area is 112 Å². The average molecular weight is 266 g/mol. The van der Waals surface area contributed by atoms with E-state index in [-0.39, 0.29) is 5.91 Å². The molecule has 0 atom stereocenters. The third-order valence-corrected chi connectivity index (χ3v) is 4.03. The number of rotatable bonds is 3. The molecule has 2 rings (SSSR count). The van der Waals surface area contributed by atoms with Crippen molar-refractivity contribution < 1.29 is 9.21 Å². The van der Waals surface area contributed by atoms with Crippen LogP contribution in [0.1, 0.15) is 48.2 Å². The highest BCUT2D eigenvalue weighted by Crippen LogP contribution is 2.29. The van der Waals surface area contributed by atoms with Crippen molar-refractivity contribution in [3.63, 3.8) is 0 Å². The first-order valence-electron chi connectivity index (χ1n) is 6.22. The number of carbonyl (C=O) groups is 1. The van der Waals surface area contributed by atoms with Crippen LogP contribution in [0.4, 0.5) is 0 Å². The highest BCUT2D eigenvalue weighted by Gasteiger charge is 2.37. The van der Waals surface area contributed by atoms with Gasteiger partial charge in [-0.1, -0.05) is 31.5 Å². The molecule has 1 heterocycles. The second kappa shape index (κ2) is 5.10. The molecular weight excluding hydrogens is 248 g/mol. The quantitative estimate of drug-likeness (QED) is 0.824.